The molecule has 0 fully saturated rings. The molecule has 0 aliphatic rings. The molecule has 0 saturated heterocycles. The van der Waals surface area contributed by atoms with Crippen molar-refractivity contribution < 1.29 is 14.3 Å². The number of hydrogen-bond donors (Lipinski definition) is 1. The zero-order valence-corrected chi connectivity index (χ0v) is 14.6. The number of carbonyl (C=O) groups is 2. The third kappa shape index (κ3) is 3.85. The Morgan fingerprint density at radius 3 is 2.62 bits per heavy atom. The molecule has 0 bridgehead atoms. The molecule has 132 valence electrons. The summed E-state index contributed by atoms with van der Waals surface area (Å²) in [7, 11) is 1.33. The van der Waals surface area contributed by atoms with E-state index in [1.165, 1.54) is 7.11 Å². The number of carbonyl (C=O) groups excluding carboxylic acids is 2. The number of pyridine rings is 2. The van der Waals surface area contributed by atoms with Gasteiger partial charge in [-0.15, -0.1) is 0 Å². The van der Waals surface area contributed by atoms with Gasteiger partial charge in [0.05, 0.1) is 30.3 Å². The summed E-state index contributed by atoms with van der Waals surface area (Å²) >= 11 is 0. The highest BCUT2D eigenvalue weighted by atomic mass is 16.5. The summed E-state index contributed by atoms with van der Waals surface area (Å²) in [5.74, 6) is -0.620. The smallest absolute Gasteiger partial charge is 0.307 e. The Hall–Kier alpha value is -3.28. The van der Waals surface area contributed by atoms with E-state index in [9.17, 15) is 9.59 Å². The average Bonchev–Trinajstić information content (AvgIpc) is 2.67. The third-order valence-corrected chi connectivity index (χ3v) is 4.01. The molecule has 6 nitrogen and oxygen atoms in total. The summed E-state index contributed by atoms with van der Waals surface area (Å²) in [5.41, 5.74) is 2.81. The predicted molar refractivity (Wildman–Crippen MR) is 98.5 cm³/mol. The minimum Gasteiger partial charge on any atom is -0.469 e. The first kappa shape index (κ1) is 17.5. The molecule has 1 N–H and O–H groups in total. The number of rotatable bonds is 5. The molecule has 3 rings (SSSR count). The van der Waals surface area contributed by atoms with Crippen molar-refractivity contribution in [3.8, 4) is 11.3 Å². The lowest BCUT2D eigenvalue weighted by molar-refractivity contribution is -0.141. The minimum atomic E-state index is -0.366. The quantitative estimate of drug-likeness (QED) is 0.716. The van der Waals surface area contributed by atoms with Gasteiger partial charge in [-0.1, -0.05) is 18.2 Å². The molecule has 1 unspecified atom stereocenters. The SMILES string of the molecule is COC(=O)CC(C)NC(=O)c1cc(-c2ccncc2)nc2ccccc12. The van der Waals surface area contributed by atoms with E-state index >= 15 is 0 Å². The van der Waals surface area contributed by atoms with E-state index in [4.69, 9.17) is 0 Å². The van der Waals surface area contributed by atoms with Gasteiger partial charge in [-0.05, 0) is 31.2 Å². The topological polar surface area (TPSA) is 81.2 Å². The van der Waals surface area contributed by atoms with E-state index in [1.54, 1.807) is 25.4 Å². The van der Waals surface area contributed by atoms with Gasteiger partial charge in [-0.3, -0.25) is 14.6 Å². The van der Waals surface area contributed by atoms with Crippen LogP contribution in [0.4, 0.5) is 0 Å². The van der Waals surface area contributed by atoms with Crippen LogP contribution in [-0.2, 0) is 9.53 Å². The fourth-order valence-electron chi connectivity index (χ4n) is 2.72. The van der Waals surface area contributed by atoms with Crippen LogP contribution < -0.4 is 5.32 Å². The predicted octanol–water partition coefficient (Wildman–Crippen LogP) is 2.98. The number of ether oxygens (including phenoxy) is 1. The fraction of sp³-hybridized carbons (Fsp3) is 0.200. The molecule has 1 amide bonds. The van der Waals surface area contributed by atoms with Gasteiger partial charge in [0, 0.05) is 29.4 Å². The van der Waals surface area contributed by atoms with Gasteiger partial charge in [-0.2, -0.15) is 0 Å². The van der Waals surface area contributed by atoms with Gasteiger partial charge in [0.25, 0.3) is 5.91 Å². The van der Waals surface area contributed by atoms with Crippen LogP contribution in [0, 0.1) is 0 Å². The fourth-order valence-corrected chi connectivity index (χ4v) is 2.72. The summed E-state index contributed by atoms with van der Waals surface area (Å²) in [6.07, 6.45) is 3.48. The molecule has 2 heterocycles. The van der Waals surface area contributed by atoms with Crippen molar-refractivity contribution in [3.63, 3.8) is 0 Å². The van der Waals surface area contributed by atoms with Gasteiger partial charge < -0.3 is 10.1 Å². The summed E-state index contributed by atoms with van der Waals surface area (Å²) in [6.45, 7) is 1.77. The number of para-hydroxylation sites is 1. The summed E-state index contributed by atoms with van der Waals surface area (Å²) in [5, 5.41) is 3.61. The van der Waals surface area contributed by atoms with Crippen molar-refractivity contribution in [2.45, 2.75) is 19.4 Å². The first-order valence-electron chi connectivity index (χ1n) is 8.26. The molecule has 0 aliphatic carbocycles. The van der Waals surface area contributed by atoms with E-state index in [0.717, 1.165) is 16.5 Å². The van der Waals surface area contributed by atoms with E-state index in [0.29, 0.717) is 11.3 Å². The number of nitrogens with zero attached hydrogens (tertiary/aromatic N) is 2. The monoisotopic (exact) mass is 349 g/mol. The van der Waals surface area contributed by atoms with Crippen LogP contribution in [-0.4, -0.2) is 35.0 Å². The van der Waals surface area contributed by atoms with Crippen LogP contribution in [0.1, 0.15) is 23.7 Å². The van der Waals surface area contributed by atoms with Crippen LogP contribution in [0.5, 0.6) is 0 Å². The van der Waals surface area contributed by atoms with Crippen LogP contribution in [0.25, 0.3) is 22.2 Å². The maximum atomic E-state index is 12.8. The molecular weight excluding hydrogens is 330 g/mol. The highest BCUT2D eigenvalue weighted by Crippen LogP contribution is 2.24. The maximum absolute atomic E-state index is 12.8. The van der Waals surface area contributed by atoms with Crippen LogP contribution in [0.15, 0.2) is 54.9 Å². The molecule has 2 aromatic heterocycles. The number of benzene rings is 1. The van der Waals surface area contributed by atoms with Gasteiger partial charge in [0.1, 0.15) is 0 Å². The van der Waals surface area contributed by atoms with Gasteiger partial charge >= 0.3 is 5.97 Å². The Bertz CT molecular complexity index is 941. The molecule has 0 saturated carbocycles. The summed E-state index contributed by atoms with van der Waals surface area (Å²) in [4.78, 5) is 32.9. The molecule has 1 aromatic carbocycles. The number of amides is 1. The van der Waals surface area contributed by atoms with E-state index < -0.39 is 0 Å². The number of hydrogen-bond acceptors (Lipinski definition) is 5. The number of methoxy groups -OCH3 is 1. The Kier molecular flexibility index (Phi) is 5.22. The largest absolute Gasteiger partial charge is 0.469 e. The first-order chi connectivity index (χ1) is 12.6. The van der Waals surface area contributed by atoms with E-state index in [2.05, 4.69) is 20.0 Å². The van der Waals surface area contributed by atoms with Crippen LogP contribution in [0.3, 0.4) is 0 Å². The molecule has 0 spiro atoms. The molecule has 0 aliphatic heterocycles. The molecule has 6 heteroatoms. The number of nitrogens with one attached hydrogen (secondary N) is 1. The van der Waals surface area contributed by atoms with Gasteiger partial charge in [0.15, 0.2) is 0 Å². The molecule has 26 heavy (non-hydrogen) atoms. The van der Waals surface area contributed by atoms with E-state index in [1.807, 2.05) is 36.4 Å². The number of esters is 1. The van der Waals surface area contributed by atoms with Crippen molar-refractivity contribution >= 4 is 22.8 Å². The second kappa shape index (κ2) is 7.74. The zero-order valence-electron chi connectivity index (χ0n) is 14.6. The normalized spacial score (nSPS) is 11.8. The lowest BCUT2D eigenvalue weighted by atomic mass is 10.0. The standard InChI is InChI=1S/C20H19N3O3/c1-13(11-19(24)26-2)22-20(25)16-12-18(14-7-9-21-10-8-14)23-17-6-4-3-5-15(16)17/h3-10,12-13H,11H2,1-2H3,(H,22,25). The lowest BCUT2D eigenvalue weighted by Crippen LogP contribution is -2.34. The Labute approximate surface area is 151 Å². The molecule has 3 aromatic rings. The zero-order chi connectivity index (χ0) is 18.5. The lowest BCUT2D eigenvalue weighted by Gasteiger charge is -2.14. The summed E-state index contributed by atoms with van der Waals surface area (Å²) < 4.78 is 4.65. The van der Waals surface area contributed by atoms with Crippen molar-refractivity contribution in [3.05, 3.63) is 60.4 Å². The average molecular weight is 349 g/mol. The van der Waals surface area contributed by atoms with Crippen LogP contribution in [0.2, 0.25) is 0 Å². The maximum Gasteiger partial charge on any atom is 0.307 e. The minimum absolute atomic E-state index is 0.114. The van der Waals surface area contributed by atoms with Crippen molar-refractivity contribution in [1.29, 1.82) is 0 Å². The molecule has 0 radical (unpaired) electrons. The molecule has 1 atom stereocenters. The van der Waals surface area contributed by atoms with Crippen molar-refractivity contribution in [2.75, 3.05) is 7.11 Å². The molecular formula is C20H19N3O3. The van der Waals surface area contributed by atoms with Gasteiger partial charge in [0.2, 0.25) is 0 Å². The Balaban J connectivity index is 1.98. The Morgan fingerprint density at radius 1 is 1.15 bits per heavy atom. The highest BCUT2D eigenvalue weighted by Gasteiger charge is 2.17. The second-order valence-electron chi connectivity index (χ2n) is 5.96. The first-order valence-corrected chi connectivity index (χ1v) is 8.26. The van der Waals surface area contributed by atoms with Crippen LogP contribution >= 0.6 is 0 Å². The second-order valence-corrected chi connectivity index (χ2v) is 5.96. The van der Waals surface area contributed by atoms with Gasteiger partial charge in [-0.25, -0.2) is 4.98 Å². The number of fused-ring (bicyclic) bond motifs is 1. The highest BCUT2D eigenvalue weighted by molar-refractivity contribution is 6.07. The van der Waals surface area contributed by atoms with Crippen molar-refractivity contribution in [2.24, 2.45) is 0 Å². The van der Waals surface area contributed by atoms with Crippen molar-refractivity contribution in [1.82, 2.24) is 15.3 Å². The number of aromatic nitrogens is 2. The third-order valence-electron chi connectivity index (χ3n) is 4.01. The summed E-state index contributed by atoms with van der Waals surface area (Å²) in [6, 6.07) is 12.6. The Morgan fingerprint density at radius 2 is 1.88 bits per heavy atom. The van der Waals surface area contributed by atoms with E-state index in [-0.39, 0.29) is 24.3 Å².